The number of anilines is 1. The largest absolute Gasteiger partial charge is 0.352 e. The number of nitrogens with one attached hydrogen (secondary N) is 2. The van der Waals surface area contributed by atoms with E-state index in [0.717, 1.165) is 10.5 Å². The Bertz CT molecular complexity index is 1030. The Morgan fingerprint density at radius 2 is 2.04 bits per heavy atom. The van der Waals surface area contributed by atoms with E-state index in [-0.39, 0.29) is 17.6 Å². The van der Waals surface area contributed by atoms with Gasteiger partial charge in [0.1, 0.15) is 11.5 Å². The molecule has 1 aliphatic heterocycles. The van der Waals surface area contributed by atoms with Crippen molar-refractivity contribution in [1.29, 1.82) is 0 Å². The number of fused-ring (bicyclic) bond motifs is 2. The number of carbonyl (C=O) groups excluding carboxylic acids is 2. The average Bonchev–Trinajstić information content (AvgIpc) is 3.06. The maximum absolute atomic E-state index is 13.2. The van der Waals surface area contributed by atoms with Gasteiger partial charge in [-0.1, -0.05) is 12.1 Å². The molecule has 27 heavy (non-hydrogen) atoms. The number of nitrogens with zero attached hydrogens (tertiary/aromatic N) is 1. The monoisotopic (exact) mass is 381 g/mol. The standard InChI is InChI=1S/C20H16FN3O2S/c21-15-4-1-3-13(11-15)8-9-22-19(25)14-6-7-18-16(12-14)23-20(26)17-5-2-10-24(17)27-18/h1-7,10-12H,8-9H2,(H,22,25)(H,23,26). The Labute approximate surface area is 159 Å². The maximum atomic E-state index is 13.2. The minimum Gasteiger partial charge on any atom is -0.352 e. The number of aromatic nitrogens is 1. The smallest absolute Gasteiger partial charge is 0.273 e. The average molecular weight is 381 g/mol. The van der Waals surface area contributed by atoms with Crippen molar-refractivity contribution < 1.29 is 14.0 Å². The first kappa shape index (κ1) is 17.4. The number of hydrogen-bond acceptors (Lipinski definition) is 3. The first-order chi connectivity index (χ1) is 13.1. The van der Waals surface area contributed by atoms with Gasteiger partial charge in [-0.15, -0.1) is 0 Å². The molecule has 0 atom stereocenters. The molecule has 0 saturated heterocycles. The van der Waals surface area contributed by atoms with Crippen LogP contribution in [0.5, 0.6) is 0 Å². The first-order valence-electron chi connectivity index (χ1n) is 8.44. The number of amides is 2. The topological polar surface area (TPSA) is 63.1 Å². The lowest BCUT2D eigenvalue weighted by molar-refractivity contribution is 0.0952. The van der Waals surface area contributed by atoms with Crippen molar-refractivity contribution in [3.8, 4) is 0 Å². The SMILES string of the molecule is O=C(NCCc1cccc(F)c1)c1ccc2c(c1)NC(=O)c1cccn1S2. The third kappa shape index (κ3) is 3.73. The minimum absolute atomic E-state index is 0.213. The van der Waals surface area contributed by atoms with Gasteiger partial charge in [-0.25, -0.2) is 4.39 Å². The van der Waals surface area contributed by atoms with Crippen molar-refractivity contribution in [1.82, 2.24) is 9.29 Å². The number of rotatable bonds is 4. The second kappa shape index (κ2) is 7.28. The van der Waals surface area contributed by atoms with E-state index in [2.05, 4.69) is 10.6 Å². The van der Waals surface area contributed by atoms with E-state index in [1.165, 1.54) is 24.1 Å². The fourth-order valence-electron chi connectivity index (χ4n) is 2.88. The fourth-order valence-corrected chi connectivity index (χ4v) is 3.80. The van der Waals surface area contributed by atoms with E-state index in [4.69, 9.17) is 0 Å². The molecule has 2 heterocycles. The van der Waals surface area contributed by atoms with E-state index in [9.17, 15) is 14.0 Å². The van der Waals surface area contributed by atoms with Crippen LogP contribution in [0.2, 0.25) is 0 Å². The zero-order chi connectivity index (χ0) is 18.8. The van der Waals surface area contributed by atoms with Gasteiger partial charge in [-0.2, -0.15) is 0 Å². The quantitative estimate of drug-likeness (QED) is 0.724. The van der Waals surface area contributed by atoms with Gasteiger partial charge >= 0.3 is 0 Å². The molecule has 0 radical (unpaired) electrons. The van der Waals surface area contributed by atoms with Crippen molar-refractivity contribution in [3.05, 3.63) is 83.4 Å². The lowest BCUT2D eigenvalue weighted by atomic mass is 10.1. The second-order valence-corrected chi connectivity index (χ2v) is 7.13. The summed E-state index contributed by atoms with van der Waals surface area (Å²) in [5.74, 6) is -0.740. The summed E-state index contributed by atoms with van der Waals surface area (Å²) >= 11 is 1.42. The summed E-state index contributed by atoms with van der Waals surface area (Å²) in [5, 5.41) is 5.67. The summed E-state index contributed by atoms with van der Waals surface area (Å²) in [4.78, 5) is 25.6. The van der Waals surface area contributed by atoms with Crippen LogP contribution in [0.25, 0.3) is 0 Å². The van der Waals surface area contributed by atoms with Gasteiger partial charge in [-0.05, 0) is 66.4 Å². The van der Waals surface area contributed by atoms with E-state index >= 15 is 0 Å². The van der Waals surface area contributed by atoms with Crippen LogP contribution < -0.4 is 10.6 Å². The van der Waals surface area contributed by atoms with Gasteiger partial charge in [-0.3, -0.25) is 13.6 Å². The van der Waals surface area contributed by atoms with Gasteiger partial charge in [0, 0.05) is 18.3 Å². The Morgan fingerprint density at radius 1 is 1.15 bits per heavy atom. The second-order valence-electron chi connectivity index (χ2n) is 6.11. The highest BCUT2D eigenvalue weighted by atomic mass is 32.2. The summed E-state index contributed by atoms with van der Waals surface area (Å²) < 4.78 is 15.0. The van der Waals surface area contributed by atoms with Crippen molar-refractivity contribution in [2.75, 3.05) is 11.9 Å². The van der Waals surface area contributed by atoms with Gasteiger partial charge < -0.3 is 10.6 Å². The third-order valence-electron chi connectivity index (χ3n) is 4.22. The molecule has 0 saturated carbocycles. The van der Waals surface area contributed by atoms with Crippen LogP contribution in [-0.2, 0) is 6.42 Å². The van der Waals surface area contributed by atoms with Crippen LogP contribution in [0.1, 0.15) is 26.4 Å². The summed E-state index contributed by atoms with van der Waals surface area (Å²) in [6, 6.07) is 15.1. The molecular formula is C20H16FN3O2S. The van der Waals surface area contributed by atoms with Crippen molar-refractivity contribution >= 4 is 29.4 Å². The van der Waals surface area contributed by atoms with Crippen LogP contribution in [-0.4, -0.2) is 22.3 Å². The van der Waals surface area contributed by atoms with Crippen LogP contribution in [0.4, 0.5) is 10.1 Å². The Kier molecular flexibility index (Phi) is 4.68. The number of hydrogen-bond donors (Lipinski definition) is 2. The van der Waals surface area contributed by atoms with Crippen LogP contribution >= 0.6 is 11.9 Å². The molecule has 0 fully saturated rings. The van der Waals surface area contributed by atoms with Gasteiger partial charge in [0.2, 0.25) is 0 Å². The van der Waals surface area contributed by atoms with Crippen molar-refractivity contribution in [2.24, 2.45) is 0 Å². The van der Waals surface area contributed by atoms with E-state index < -0.39 is 0 Å². The number of benzene rings is 2. The molecule has 2 N–H and O–H groups in total. The summed E-state index contributed by atoms with van der Waals surface area (Å²) in [6.45, 7) is 0.395. The predicted molar refractivity (Wildman–Crippen MR) is 103 cm³/mol. The molecule has 0 bridgehead atoms. The maximum Gasteiger partial charge on any atom is 0.273 e. The zero-order valence-electron chi connectivity index (χ0n) is 14.2. The summed E-state index contributed by atoms with van der Waals surface area (Å²) in [6.07, 6.45) is 2.36. The Balaban J connectivity index is 1.44. The number of halogens is 1. The molecule has 7 heteroatoms. The molecule has 4 rings (SSSR count). The summed E-state index contributed by atoms with van der Waals surface area (Å²) in [5.41, 5.74) is 2.44. The molecule has 136 valence electrons. The van der Waals surface area contributed by atoms with E-state index in [1.807, 2.05) is 24.4 Å². The molecule has 0 unspecified atom stereocenters. The van der Waals surface area contributed by atoms with Crippen LogP contribution in [0.3, 0.4) is 0 Å². The summed E-state index contributed by atoms with van der Waals surface area (Å²) in [7, 11) is 0. The molecular weight excluding hydrogens is 365 g/mol. The molecule has 1 aliphatic rings. The van der Waals surface area contributed by atoms with Crippen LogP contribution in [0, 0.1) is 5.82 Å². The van der Waals surface area contributed by atoms with Crippen LogP contribution in [0.15, 0.2) is 65.7 Å². The first-order valence-corrected chi connectivity index (χ1v) is 9.21. The van der Waals surface area contributed by atoms with Gasteiger partial charge in [0.25, 0.3) is 11.8 Å². The molecule has 2 aromatic carbocycles. The van der Waals surface area contributed by atoms with E-state index in [1.54, 1.807) is 28.2 Å². The molecule has 0 aliphatic carbocycles. The van der Waals surface area contributed by atoms with Gasteiger partial charge in [0.05, 0.1) is 10.6 Å². The van der Waals surface area contributed by atoms with Gasteiger partial charge in [0.15, 0.2) is 0 Å². The normalized spacial score (nSPS) is 12.6. The van der Waals surface area contributed by atoms with Crippen molar-refractivity contribution in [3.63, 3.8) is 0 Å². The highest BCUT2D eigenvalue weighted by Gasteiger charge is 2.20. The van der Waals surface area contributed by atoms with Crippen molar-refractivity contribution in [2.45, 2.75) is 11.3 Å². The zero-order valence-corrected chi connectivity index (χ0v) is 15.1. The minimum atomic E-state index is -0.289. The third-order valence-corrected chi connectivity index (χ3v) is 5.29. The molecule has 0 spiro atoms. The highest BCUT2D eigenvalue weighted by Crippen LogP contribution is 2.33. The lowest BCUT2D eigenvalue weighted by Gasteiger charge is -2.10. The highest BCUT2D eigenvalue weighted by molar-refractivity contribution is 7.98. The lowest BCUT2D eigenvalue weighted by Crippen LogP contribution is -2.25. The molecule has 5 nitrogen and oxygen atoms in total. The molecule has 2 amide bonds. The predicted octanol–water partition coefficient (Wildman–Crippen LogP) is 3.72. The van der Waals surface area contributed by atoms with E-state index in [0.29, 0.717) is 29.9 Å². The molecule has 3 aromatic rings. The Hall–Kier alpha value is -3.06. The Morgan fingerprint density at radius 3 is 2.89 bits per heavy atom. The fraction of sp³-hybridized carbons (Fsp3) is 0.100. The molecule has 1 aromatic heterocycles. The number of carbonyl (C=O) groups is 2.